The maximum atomic E-state index is 12.6. The van der Waals surface area contributed by atoms with Gasteiger partial charge in [0.1, 0.15) is 0 Å². The van der Waals surface area contributed by atoms with Gasteiger partial charge in [-0.1, -0.05) is 12.8 Å². The summed E-state index contributed by atoms with van der Waals surface area (Å²) < 4.78 is 5.32. The second-order valence-electron chi connectivity index (χ2n) is 7.38. The number of carbonyl (C=O) groups is 2. The summed E-state index contributed by atoms with van der Waals surface area (Å²) in [5.74, 6) is 1.12. The quantitative estimate of drug-likeness (QED) is 0.767. The van der Waals surface area contributed by atoms with Crippen LogP contribution in [0.4, 0.5) is 0 Å². The number of ether oxygens (including phenoxy) is 1. The van der Waals surface area contributed by atoms with Crippen LogP contribution in [0.2, 0.25) is 0 Å². The van der Waals surface area contributed by atoms with Gasteiger partial charge in [-0.15, -0.1) is 0 Å². The Morgan fingerprint density at radius 3 is 2.21 bits per heavy atom. The molecule has 6 nitrogen and oxygen atoms in total. The Balaban J connectivity index is 1.43. The van der Waals surface area contributed by atoms with Crippen molar-refractivity contribution in [3.63, 3.8) is 0 Å². The molecule has 2 heterocycles. The van der Waals surface area contributed by atoms with E-state index in [9.17, 15) is 9.59 Å². The molecule has 0 bridgehead atoms. The summed E-state index contributed by atoms with van der Waals surface area (Å²) >= 11 is 0. The molecule has 2 saturated heterocycles. The van der Waals surface area contributed by atoms with Gasteiger partial charge in [0.2, 0.25) is 11.8 Å². The Bertz CT molecular complexity index is 437. The molecule has 0 radical (unpaired) electrons. The fraction of sp³-hybridized carbons (Fsp3) is 0.889. The highest BCUT2D eigenvalue weighted by molar-refractivity contribution is 5.81. The predicted molar refractivity (Wildman–Crippen MR) is 91.6 cm³/mol. The average molecular weight is 337 g/mol. The molecule has 136 valence electrons. The fourth-order valence-corrected chi connectivity index (χ4v) is 4.15. The van der Waals surface area contributed by atoms with Crippen molar-refractivity contribution in [2.45, 2.75) is 45.1 Å². The summed E-state index contributed by atoms with van der Waals surface area (Å²) in [6, 6.07) is -0.102. The van der Waals surface area contributed by atoms with Crippen molar-refractivity contribution in [3.8, 4) is 0 Å². The molecule has 0 aromatic rings. The molecular formula is C18H31N3O3. The van der Waals surface area contributed by atoms with Crippen LogP contribution in [0.3, 0.4) is 0 Å². The summed E-state index contributed by atoms with van der Waals surface area (Å²) in [6.07, 6.45) is 5.73. The van der Waals surface area contributed by atoms with E-state index in [1.54, 1.807) is 0 Å². The van der Waals surface area contributed by atoms with Crippen LogP contribution >= 0.6 is 0 Å². The van der Waals surface area contributed by atoms with E-state index in [0.717, 1.165) is 32.6 Å². The van der Waals surface area contributed by atoms with E-state index in [2.05, 4.69) is 4.90 Å². The standard InChI is InChI=1S/C18H31N3O3/c1-15(18(23)21-10-12-24-13-11-21)19-6-8-20(9-7-19)17(22)14-16-4-2-3-5-16/h15-16H,2-14H2,1H3/t15-/m1/s1. The van der Waals surface area contributed by atoms with Crippen molar-refractivity contribution in [1.82, 2.24) is 14.7 Å². The van der Waals surface area contributed by atoms with Crippen molar-refractivity contribution in [2.75, 3.05) is 52.5 Å². The number of rotatable bonds is 4. The highest BCUT2D eigenvalue weighted by Crippen LogP contribution is 2.28. The number of nitrogens with zero attached hydrogens (tertiary/aromatic N) is 3. The van der Waals surface area contributed by atoms with Gasteiger partial charge in [0.05, 0.1) is 19.3 Å². The SMILES string of the molecule is C[C@H](C(=O)N1CCOCC1)N1CCN(C(=O)CC2CCCC2)CC1. The second-order valence-corrected chi connectivity index (χ2v) is 7.38. The third-order valence-electron chi connectivity index (χ3n) is 5.83. The Hall–Kier alpha value is -1.14. The van der Waals surface area contributed by atoms with Crippen molar-refractivity contribution in [2.24, 2.45) is 5.92 Å². The zero-order valence-corrected chi connectivity index (χ0v) is 14.9. The van der Waals surface area contributed by atoms with Gasteiger partial charge in [-0.05, 0) is 25.7 Å². The summed E-state index contributed by atoms with van der Waals surface area (Å²) in [6.45, 7) is 7.78. The zero-order chi connectivity index (χ0) is 16.9. The third kappa shape index (κ3) is 4.28. The summed E-state index contributed by atoms with van der Waals surface area (Å²) in [5, 5.41) is 0. The third-order valence-corrected chi connectivity index (χ3v) is 5.83. The van der Waals surface area contributed by atoms with Crippen LogP contribution in [0.1, 0.15) is 39.0 Å². The van der Waals surface area contributed by atoms with Gasteiger partial charge in [-0.3, -0.25) is 14.5 Å². The fourth-order valence-electron chi connectivity index (χ4n) is 4.15. The number of hydrogen-bond acceptors (Lipinski definition) is 4. The summed E-state index contributed by atoms with van der Waals surface area (Å²) in [4.78, 5) is 31.1. The van der Waals surface area contributed by atoms with Crippen molar-refractivity contribution < 1.29 is 14.3 Å². The number of morpholine rings is 1. The lowest BCUT2D eigenvalue weighted by atomic mass is 10.0. The Morgan fingerprint density at radius 1 is 0.958 bits per heavy atom. The molecular weight excluding hydrogens is 306 g/mol. The zero-order valence-electron chi connectivity index (χ0n) is 14.9. The van der Waals surface area contributed by atoms with Gasteiger partial charge < -0.3 is 14.5 Å². The molecule has 2 aliphatic heterocycles. The number of carbonyl (C=O) groups excluding carboxylic acids is 2. The number of piperazine rings is 1. The molecule has 2 amide bonds. The van der Waals surface area contributed by atoms with Crippen LogP contribution in [0, 0.1) is 5.92 Å². The Morgan fingerprint density at radius 2 is 1.58 bits per heavy atom. The maximum absolute atomic E-state index is 12.6. The topological polar surface area (TPSA) is 53.1 Å². The van der Waals surface area contributed by atoms with Gasteiger partial charge in [-0.25, -0.2) is 0 Å². The van der Waals surface area contributed by atoms with E-state index >= 15 is 0 Å². The van der Waals surface area contributed by atoms with Gasteiger partial charge in [0, 0.05) is 45.7 Å². The van der Waals surface area contributed by atoms with E-state index in [4.69, 9.17) is 4.74 Å². The predicted octanol–water partition coefficient (Wildman–Crippen LogP) is 0.958. The van der Waals surface area contributed by atoms with Gasteiger partial charge in [-0.2, -0.15) is 0 Å². The smallest absolute Gasteiger partial charge is 0.239 e. The number of amides is 2. The monoisotopic (exact) mass is 337 g/mol. The molecule has 0 unspecified atom stereocenters. The minimum Gasteiger partial charge on any atom is -0.378 e. The van der Waals surface area contributed by atoms with Crippen LogP contribution in [0.25, 0.3) is 0 Å². The molecule has 3 fully saturated rings. The molecule has 24 heavy (non-hydrogen) atoms. The lowest BCUT2D eigenvalue weighted by Crippen LogP contribution is -2.56. The van der Waals surface area contributed by atoms with E-state index in [-0.39, 0.29) is 11.9 Å². The minimum atomic E-state index is -0.102. The van der Waals surface area contributed by atoms with Gasteiger partial charge in [0.15, 0.2) is 0 Å². The van der Waals surface area contributed by atoms with Crippen LogP contribution in [-0.4, -0.2) is 85.0 Å². The first-order valence-corrected chi connectivity index (χ1v) is 9.53. The average Bonchev–Trinajstić information content (AvgIpc) is 3.14. The van der Waals surface area contributed by atoms with E-state index in [1.165, 1.54) is 25.7 Å². The second kappa shape index (κ2) is 8.30. The lowest BCUT2D eigenvalue weighted by Gasteiger charge is -2.39. The highest BCUT2D eigenvalue weighted by atomic mass is 16.5. The highest BCUT2D eigenvalue weighted by Gasteiger charge is 2.31. The first kappa shape index (κ1) is 17.7. The molecule has 6 heteroatoms. The summed E-state index contributed by atoms with van der Waals surface area (Å²) in [7, 11) is 0. The minimum absolute atomic E-state index is 0.102. The van der Waals surface area contributed by atoms with E-state index < -0.39 is 0 Å². The molecule has 1 aliphatic carbocycles. The van der Waals surface area contributed by atoms with Crippen LogP contribution < -0.4 is 0 Å². The Kier molecular flexibility index (Phi) is 6.11. The molecule has 0 spiro atoms. The summed E-state index contributed by atoms with van der Waals surface area (Å²) in [5.41, 5.74) is 0. The van der Waals surface area contributed by atoms with Crippen LogP contribution in [-0.2, 0) is 14.3 Å². The molecule has 1 atom stereocenters. The first-order valence-electron chi connectivity index (χ1n) is 9.53. The van der Waals surface area contributed by atoms with Crippen molar-refractivity contribution >= 4 is 11.8 Å². The lowest BCUT2D eigenvalue weighted by molar-refractivity contribution is -0.142. The maximum Gasteiger partial charge on any atom is 0.239 e. The van der Waals surface area contributed by atoms with Crippen molar-refractivity contribution in [3.05, 3.63) is 0 Å². The van der Waals surface area contributed by atoms with E-state index in [1.807, 2.05) is 16.7 Å². The first-order chi connectivity index (χ1) is 11.6. The largest absolute Gasteiger partial charge is 0.378 e. The van der Waals surface area contributed by atoms with Crippen LogP contribution in [0.5, 0.6) is 0 Å². The molecule has 3 rings (SSSR count). The number of hydrogen-bond donors (Lipinski definition) is 0. The normalized spacial score (nSPS) is 25.0. The molecule has 0 aromatic carbocycles. The molecule has 0 aromatic heterocycles. The van der Waals surface area contributed by atoms with Crippen LogP contribution in [0.15, 0.2) is 0 Å². The molecule has 3 aliphatic rings. The van der Waals surface area contributed by atoms with Gasteiger partial charge in [0.25, 0.3) is 0 Å². The van der Waals surface area contributed by atoms with Gasteiger partial charge >= 0.3 is 0 Å². The van der Waals surface area contributed by atoms with E-state index in [0.29, 0.717) is 38.1 Å². The van der Waals surface area contributed by atoms with Crippen molar-refractivity contribution in [1.29, 1.82) is 0 Å². The molecule has 0 N–H and O–H groups in total. The molecule has 1 saturated carbocycles. The Labute approximate surface area is 145 Å².